The summed E-state index contributed by atoms with van der Waals surface area (Å²) in [4.78, 5) is 4.36. The zero-order valence-electron chi connectivity index (χ0n) is 9.20. The summed E-state index contributed by atoms with van der Waals surface area (Å²) < 4.78 is 0. The van der Waals surface area contributed by atoms with E-state index in [1.54, 1.807) is 0 Å². The van der Waals surface area contributed by atoms with Gasteiger partial charge in [-0.05, 0) is 37.1 Å². The summed E-state index contributed by atoms with van der Waals surface area (Å²) in [6.45, 7) is 4.22. The predicted octanol–water partition coefficient (Wildman–Crippen LogP) is 3.29. The highest BCUT2D eigenvalue weighted by Gasteiger charge is 1.97. The first-order valence-corrected chi connectivity index (χ1v) is 5.21. The maximum atomic E-state index is 4.36. The molecule has 0 aliphatic carbocycles. The van der Waals surface area contributed by atoms with E-state index in [2.05, 4.69) is 49.2 Å². The first kappa shape index (κ1) is 9.91. The maximum absolute atomic E-state index is 4.36. The third kappa shape index (κ3) is 2.66. The summed E-state index contributed by atoms with van der Waals surface area (Å²) in [6.07, 6.45) is 2.80. The molecule has 0 radical (unpaired) electrons. The Balaban J connectivity index is 2.22. The molecule has 0 amide bonds. The van der Waals surface area contributed by atoms with Crippen LogP contribution in [0.5, 0.6) is 0 Å². The van der Waals surface area contributed by atoms with Gasteiger partial charge < -0.3 is 0 Å². The molecule has 1 aromatic heterocycles. The van der Waals surface area contributed by atoms with E-state index >= 15 is 0 Å². The Morgan fingerprint density at radius 1 is 1.00 bits per heavy atom. The molecule has 0 aliphatic rings. The van der Waals surface area contributed by atoms with Crippen molar-refractivity contribution < 1.29 is 0 Å². The van der Waals surface area contributed by atoms with Crippen molar-refractivity contribution in [2.75, 3.05) is 0 Å². The lowest BCUT2D eigenvalue weighted by Crippen LogP contribution is -1.92. The topological polar surface area (TPSA) is 12.9 Å². The Bertz CT molecular complexity index is 417. The molecule has 1 heterocycles. The second kappa shape index (κ2) is 4.26. The van der Waals surface area contributed by atoms with E-state index < -0.39 is 0 Å². The van der Waals surface area contributed by atoms with Gasteiger partial charge in [-0.1, -0.05) is 29.8 Å². The smallest absolute Gasteiger partial charge is 0.0450 e. The van der Waals surface area contributed by atoms with Crippen molar-refractivity contribution in [2.24, 2.45) is 0 Å². The number of rotatable bonds is 2. The van der Waals surface area contributed by atoms with Crippen molar-refractivity contribution in [1.29, 1.82) is 0 Å². The number of hydrogen-bond acceptors (Lipinski definition) is 1. The highest BCUT2D eigenvalue weighted by Crippen LogP contribution is 2.10. The fourth-order valence-corrected chi connectivity index (χ4v) is 1.73. The van der Waals surface area contributed by atoms with E-state index in [9.17, 15) is 0 Å². The Morgan fingerprint density at radius 3 is 2.53 bits per heavy atom. The van der Waals surface area contributed by atoms with Crippen LogP contribution >= 0.6 is 0 Å². The molecule has 2 rings (SSSR count). The number of hydrogen-bond donors (Lipinski definition) is 0. The molecular formula is C14H15N. The Kier molecular flexibility index (Phi) is 2.82. The van der Waals surface area contributed by atoms with E-state index in [0.717, 1.165) is 12.1 Å². The normalized spacial score (nSPS) is 10.3. The third-order valence-corrected chi connectivity index (χ3v) is 2.44. The molecule has 76 valence electrons. The lowest BCUT2D eigenvalue weighted by atomic mass is 10.1. The first-order chi connectivity index (χ1) is 7.24. The van der Waals surface area contributed by atoms with Gasteiger partial charge >= 0.3 is 0 Å². The zero-order valence-corrected chi connectivity index (χ0v) is 9.20. The quantitative estimate of drug-likeness (QED) is 0.720. The Morgan fingerprint density at radius 2 is 1.80 bits per heavy atom. The molecule has 1 heteroatoms. The number of pyridine rings is 1. The van der Waals surface area contributed by atoms with Crippen LogP contribution in [-0.4, -0.2) is 4.98 Å². The molecular weight excluding hydrogens is 182 g/mol. The molecule has 0 bridgehead atoms. The molecule has 2 aromatic rings. The predicted molar refractivity (Wildman–Crippen MR) is 63.0 cm³/mol. The van der Waals surface area contributed by atoms with Crippen LogP contribution in [0.15, 0.2) is 42.6 Å². The molecule has 0 atom stereocenters. The molecule has 1 aromatic carbocycles. The second-order valence-electron chi connectivity index (χ2n) is 3.99. The average molecular weight is 197 g/mol. The third-order valence-electron chi connectivity index (χ3n) is 2.44. The summed E-state index contributed by atoms with van der Waals surface area (Å²) in [6, 6.07) is 12.7. The SMILES string of the molecule is Cc1cccc(Cc2cc(C)ccn2)c1. The van der Waals surface area contributed by atoms with Crippen LogP contribution in [0.3, 0.4) is 0 Å². The maximum Gasteiger partial charge on any atom is 0.0450 e. The standard InChI is InChI=1S/C14H15N/c1-11-4-3-5-13(8-11)10-14-9-12(2)6-7-15-14/h3-9H,10H2,1-2H3. The van der Waals surface area contributed by atoms with Crippen LogP contribution < -0.4 is 0 Å². The Labute approximate surface area is 90.8 Å². The van der Waals surface area contributed by atoms with E-state index in [4.69, 9.17) is 0 Å². The number of benzene rings is 1. The minimum atomic E-state index is 0.920. The summed E-state index contributed by atoms with van der Waals surface area (Å²) >= 11 is 0. The second-order valence-corrected chi connectivity index (χ2v) is 3.99. The number of nitrogens with zero attached hydrogens (tertiary/aromatic N) is 1. The molecule has 15 heavy (non-hydrogen) atoms. The van der Waals surface area contributed by atoms with Crippen molar-refractivity contribution >= 4 is 0 Å². The van der Waals surface area contributed by atoms with Gasteiger partial charge in [0.25, 0.3) is 0 Å². The van der Waals surface area contributed by atoms with Gasteiger partial charge in [-0.25, -0.2) is 0 Å². The van der Waals surface area contributed by atoms with E-state index in [0.29, 0.717) is 0 Å². The van der Waals surface area contributed by atoms with Crippen molar-refractivity contribution in [2.45, 2.75) is 20.3 Å². The largest absolute Gasteiger partial charge is 0.261 e. The molecule has 0 aliphatic heterocycles. The van der Waals surface area contributed by atoms with Gasteiger partial charge in [0.05, 0.1) is 0 Å². The van der Waals surface area contributed by atoms with Gasteiger partial charge in [-0.15, -0.1) is 0 Å². The van der Waals surface area contributed by atoms with Gasteiger partial charge in [0.2, 0.25) is 0 Å². The minimum absolute atomic E-state index is 0.920. The number of aryl methyl sites for hydroxylation is 2. The highest BCUT2D eigenvalue weighted by atomic mass is 14.7. The average Bonchev–Trinajstić information content (AvgIpc) is 2.17. The van der Waals surface area contributed by atoms with E-state index in [-0.39, 0.29) is 0 Å². The molecule has 0 saturated carbocycles. The van der Waals surface area contributed by atoms with Crippen molar-refractivity contribution in [1.82, 2.24) is 4.98 Å². The van der Waals surface area contributed by atoms with Gasteiger partial charge in [-0.2, -0.15) is 0 Å². The van der Waals surface area contributed by atoms with Crippen molar-refractivity contribution in [3.8, 4) is 0 Å². The molecule has 0 N–H and O–H groups in total. The van der Waals surface area contributed by atoms with Crippen LogP contribution in [0.25, 0.3) is 0 Å². The van der Waals surface area contributed by atoms with Crippen molar-refractivity contribution in [3.05, 3.63) is 65.0 Å². The van der Waals surface area contributed by atoms with Crippen LogP contribution in [0.4, 0.5) is 0 Å². The molecule has 0 fully saturated rings. The molecule has 0 spiro atoms. The Hall–Kier alpha value is -1.63. The summed E-state index contributed by atoms with van der Waals surface area (Å²) in [5.74, 6) is 0. The minimum Gasteiger partial charge on any atom is -0.261 e. The fraction of sp³-hybridized carbons (Fsp3) is 0.214. The molecule has 1 nitrogen and oxygen atoms in total. The monoisotopic (exact) mass is 197 g/mol. The van der Waals surface area contributed by atoms with Crippen molar-refractivity contribution in [3.63, 3.8) is 0 Å². The van der Waals surface area contributed by atoms with Gasteiger partial charge in [0.15, 0.2) is 0 Å². The lowest BCUT2D eigenvalue weighted by molar-refractivity contribution is 1.06. The van der Waals surface area contributed by atoms with Crippen LogP contribution in [-0.2, 0) is 6.42 Å². The zero-order chi connectivity index (χ0) is 10.7. The molecule has 0 saturated heterocycles. The van der Waals surface area contributed by atoms with E-state index in [1.807, 2.05) is 12.3 Å². The lowest BCUT2D eigenvalue weighted by Gasteiger charge is -2.03. The summed E-state index contributed by atoms with van der Waals surface area (Å²) in [7, 11) is 0. The van der Waals surface area contributed by atoms with Gasteiger partial charge in [-0.3, -0.25) is 4.98 Å². The van der Waals surface area contributed by atoms with Gasteiger partial charge in [0, 0.05) is 18.3 Å². The first-order valence-electron chi connectivity index (χ1n) is 5.21. The highest BCUT2D eigenvalue weighted by molar-refractivity contribution is 5.27. The summed E-state index contributed by atoms with van der Waals surface area (Å²) in [5.41, 5.74) is 5.04. The molecule has 0 unspecified atom stereocenters. The van der Waals surface area contributed by atoms with E-state index in [1.165, 1.54) is 16.7 Å². The van der Waals surface area contributed by atoms with Gasteiger partial charge in [0.1, 0.15) is 0 Å². The van der Waals surface area contributed by atoms with Crippen LogP contribution in [0, 0.1) is 13.8 Å². The van der Waals surface area contributed by atoms with Crippen LogP contribution in [0.2, 0.25) is 0 Å². The summed E-state index contributed by atoms with van der Waals surface area (Å²) in [5, 5.41) is 0. The number of aromatic nitrogens is 1. The van der Waals surface area contributed by atoms with Crippen LogP contribution in [0.1, 0.15) is 22.4 Å². The fourth-order valence-electron chi connectivity index (χ4n) is 1.73.